The third-order valence-electron chi connectivity index (χ3n) is 2.76. The van der Waals surface area contributed by atoms with Crippen LogP contribution in [0.2, 0.25) is 0 Å². The van der Waals surface area contributed by atoms with Gasteiger partial charge in [-0.3, -0.25) is 0 Å². The number of nitrogens with one attached hydrogen (secondary N) is 1. The van der Waals surface area contributed by atoms with Crippen molar-refractivity contribution in [2.24, 2.45) is 0 Å². The van der Waals surface area contributed by atoms with Crippen LogP contribution in [-0.2, 0) is 22.6 Å². The van der Waals surface area contributed by atoms with Gasteiger partial charge in [-0.15, -0.1) is 11.3 Å². The van der Waals surface area contributed by atoms with Crippen molar-refractivity contribution in [2.75, 3.05) is 19.8 Å². The number of hydrogen-bond donors (Lipinski definition) is 1. The van der Waals surface area contributed by atoms with Gasteiger partial charge in [0.1, 0.15) is 5.01 Å². The fraction of sp³-hybridized carbons (Fsp3) is 0.750. The van der Waals surface area contributed by atoms with E-state index in [9.17, 15) is 0 Å². The Morgan fingerprint density at radius 2 is 2.35 bits per heavy atom. The van der Waals surface area contributed by atoms with Crippen molar-refractivity contribution in [1.82, 2.24) is 10.3 Å². The van der Waals surface area contributed by atoms with Gasteiger partial charge in [0.25, 0.3) is 0 Å². The van der Waals surface area contributed by atoms with E-state index >= 15 is 0 Å². The lowest BCUT2D eigenvalue weighted by atomic mass is 10.1. The van der Waals surface area contributed by atoms with E-state index in [1.54, 1.807) is 11.3 Å². The fourth-order valence-corrected chi connectivity index (χ4v) is 2.52. The molecule has 0 unspecified atom stereocenters. The van der Waals surface area contributed by atoms with Crippen molar-refractivity contribution in [3.05, 3.63) is 16.1 Å². The zero-order valence-electron chi connectivity index (χ0n) is 10.3. The molecule has 0 aliphatic carbocycles. The summed E-state index contributed by atoms with van der Waals surface area (Å²) in [6, 6.07) is 0. The van der Waals surface area contributed by atoms with Crippen LogP contribution in [-0.4, -0.2) is 30.8 Å². The molecule has 0 radical (unpaired) electrons. The molecule has 1 N–H and O–H groups in total. The number of aromatic nitrogens is 1. The molecule has 0 amide bonds. The zero-order chi connectivity index (χ0) is 11.9. The molecule has 2 rings (SSSR count). The Balaban J connectivity index is 1.72. The summed E-state index contributed by atoms with van der Waals surface area (Å²) in [6.07, 6.45) is 2.37. The van der Waals surface area contributed by atoms with Crippen LogP contribution in [0.5, 0.6) is 0 Å². The predicted octanol–water partition coefficient (Wildman–Crippen LogP) is 1.95. The van der Waals surface area contributed by atoms with Crippen molar-refractivity contribution >= 4 is 11.3 Å². The van der Waals surface area contributed by atoms with E-state index in [4.69, 9.17) is 9.47 Å². The first-order chi connectivity index (χ1) is 8.38. The second-order valence-electron chi connectivity index (χ2n) is 4.14. The van der Waals surface area contributed by atoms with Crippen molar-refractivity contribution in [1.29, 1.82) is 0 Å². The molecule has 2 heterocycles. The second kappa shape index (κ2) is 7.06. The smallest absolute Gasteiger partial charge is 0.107 e. The molecule has 1 fully saturated rings. The van der Waals surface area contributed by atoms with Gasteiger partial charge in [-0.05, 0) is 19.4 Å². The highest BCUT2D eigenvalue weighted by atomic mass is 32.1. The molecule has 4 nitrogen and oxygen atoms in total. The molecular formula is C12H20N2O2S. The third-order valence-corrected chi connectivity index (χ3v) is 3.66. The molecule has 1 aliphatic heterocycles. The van der Waals surface area contributed by atoms with Gasteiger partial charge in [-0.25, -0.2) is 4.98 Å². The number of nitrogens with zero attached hydrogens (tertiary/aromatic N) is 1. The summed E-state index contributed by atoms with van der Waals surface area (Å²) in [7, 11) is 0. The van der Waals surface area contributed by atoms with E-state index in [0.29, 0.717) is 12.7 Å². The Hall–Kier alpha value is -0.490. The van der Waals surface area contributed by atoms with E-state index in [1.807, 2.05) is 0 Å². The van der Waals surface area contributed by atoms with Crippen molar-refractivity contribution in [3.63, 3.8) is 0 Å². The maximum atomic E-state index is 5.83. The first kappa shape index (κ1) is 13.0. The van der Waals surface area contributed by atoms with E-state index in [-0.39, 0.29) is 0 Å². The Labute approximate surface area is 106 Å². The average Bonchev–Trinajstić information content (AvgIpc) is 2.83. The van der Waals surface area contributed by atoms with Gasteiger partial charge in [0.15, 0.2) is 0 Å². The highest BCUT2D eigenvalue weighted by Gasteiger charge is 2.14. The molecule has 17 heavy (non-hydrogen) atoms. The third kappa shape index (κ3) is 4.35. The Bertz CT molecular complexity index is 324. The Morgan fingerprint density at radius 1 is 1.53 bits per heavy atom. The Kier molecular flexibility index (Phi) is 5.38. The molecular weight excluding hydrogens is 236 g/mol. The summed E-state index contributed by atoms with van der Waals surface area (Å²) in [4.78, 5) is 4.53. The van der Waals surface area contributed by atoms with Gasteiger partial charge in [-0.2, -0.15) is 0 Å². The number of thiazole rings is 1. The number of hydrogen-bond acceptors (Lipinski definition) is 5. The molecule has 0 atom stereocenters. The SMILES string of the molecule is CCNCc1nc(COC2CCOCC2)cs1. The molecule has 0 aromatic carbocycles. The van der Waals surface area contributed by atoms with Crippen LogP contribution in [0.4, 0.5) is 0 Å². The lowest BCUT2D eigenvalue weighted by molar-refractivity contribution is -0.0398. The van der Waals surface area contributed by atoms with Gasteiger partial charge in [0, 0.05) is 25.1 Å². The molecule has 1 aromatic heterocycles. The first-order valence-electron chi connectivity index (χ1n) is 6.22. The molecule has 5 heteroatoms. The zero-order valence-corrected chi connectivity index (χ0v) is 11.1. The van der Waals surface area contributed by atoms with Crippen molar-refractivity contribution in [2.45, 2.75) is 39.0 Å². The quantitative estimate of drug-likeness (QED) is 0.845. The maximum absolute atomic E-state index is 5.83. The first-order valence-corrected chi connectivity index (χ1v) is 7.09. The van der Waals surface area contributed by atoms with Gasteiger partial charge in [0.2, 0.25) is 0 Å². The van der Waals surface area contributed by atoms with E-state index in [0.717, 1.165) is 49.8 Å². The van der Waals surface area contributed by atoms with Crippen LogP contribution in [0.3, 0.4) is 0 Å². The summed E-state index contributed by atoms with van der Waals surface area (Å²) >= 11 is 1.70. The van der Waals surface area contributed by atoms with Crippen LogP contribution in [0.1, 0.15) is 30.5 Å². The minimum absolute atomic E-state index is 0.350. The monoisotopic (exact) mass is 256 g/mol. The molecule has 0 saturated carbocycles. The largest absolute Gasteiger partial charge is 0.381 e. The molecule has 1 saturated heterocycles. The summed E-state index contributed by atoms with van der Waals surface area (Å²) in [5.74, 6) is 0. The molecule has 96 valence electrons. The molecule has 0 spiro atoms. The van der Waals surface area contributed by atoms with Gasteiger partial charge < -0.3 is 14.8 Å². The van der Waals surface area contributed by atoms with Crippen LogP contribution in [0.15, 0.2) is 5.38 Å². The summed E-state index contributed by atoms with van der Waals surface area (Å²) in [6.45, 7) is 6.22. The lowest BCUT2D eigenvalue weighted by Gasteiger charge is -2.21. The van der Waals surface area contributed by atoms with Gasteiger partial charge in [-0.1, -0.05) is 6.92 Å². The van der Waals surface area contributed by atoms with Crippen LogP contribution < -0.4 is 5.32 Å². The van der Waals surface area contributed by atoms with E-state index < -0.39 is 0 Å². The minimum atomic E-state index is 0.350. The number of ether oxygens (including phenoxy) is 2. The standard InChI is InChI=1S/C12H20N2O2S/c1-2-13-7-12-14-10(9-17-12)8-16-11-3-5-15-6-4-11/h9,11,13H,2-8H2,1H3. The van der Waals surface area contributed by atoms with Crippen LogP contribution in [0, 0.1) is 0 Å². The molecule has 1 aliphatic rings. The minimum Gasteiger partial charge on any atom is -0.381 e. The van der Waals surface area contributed by atoms with Crippen molar-refractivity contribution < 1.29 is 9.47 Å². The highest BCUT2D eigenvalue weighted by Crippen LogP contribution is 2.15. The fourth-order valence-electron chi connectivity index (χ4n) is 1.77. The maximum Gasteiger partial charge on any atom is 0.107 e. The van der Waals surface area contributed by atoms with Crippen LogP contribution in [0.25, 0.3) is 0 Å². The molecule has 0 bridgehead atoms. The van der Waals surface area contributed by atoms with E-state index in [1.165, 1.54) is 0 Å². The topological polar surface area (TPSA) is 43.4 Å². The molecule has 1 aromatic rings. The van der Waals surface area contributed by atoms with Crippen LogP contribution >= 0.6 is 11.3 Å². The van der Waals surface area contributed by atoms with Crippen molar-refractivity contribution in [3.8, 4) is 0 Å². The number of rotatable bonds is 6. The highest BCUT2D eigenvalue weighted by molar-refractivity contribution is 7.09. The summed E-state index contributed by atoms with van der Waals surface area (Å²) in [5.41, 5.74) is 1.05. The normalized spacial score (nSPS) is 17.5. The summed E-state index contributed by atoms with van der Waals surface area (Å²) in [5, 5.41) is 6.50. The summed E-state index contributed by atoms with van der Waals surface area (Å²) < 4.78 is 11.1. The lowest BCUT2D eigenvalue weighted by Crippen LogP contribution is -2.23. The Morgan fingerprint density at radius 3 is 3.12 bits per heavy atom. The predicted molar refractivity (Wildman–Crippen MR) is 68.1 cm³/mol. The van der Waals surface area contributed by atoms with E-state index in [2.05, 4.69) is 22.6 Å². The van der Waals surface area contributed by atoms with Gasteiger partial charge >= 0.3 is 0 Å². The second-order valence-corrected chi connectivity index (χ2v) is 5.08. The average molecular weight is 256 g/mol. The van der Waals surface area contributed by atoms with Gasteiger partial charge in [0.05, 0.1) is 18.4 Å².